The quantitative estimate of drug-likeness (QED) is 0.620. The van der Waals surface area contributed by atoms with Crippen molar-refractivity contribution >= 4 is 11.9 Å². The van der Waals surface area contributed by atoms with Gasteiger partial charge in [-0.3, -0.25) is 4.79 Å². The lowest BCUT2D eigenvalue weighted by molar-refractivity contribution is -0.192. The predicted molar refractivity (Wildman–Crippen MR) is 114 cm³/mol. The molecule has 0 aromatic heterocycles. The van der Waals surface area contributed by atoms with Crippen molar-refractivity contribution in [2.24, 2.45) is 5.92 Å². The fourth-order valence-electron chi connectivity index (χ4n) is 4.34. The summed E-state index contributed by atoms with van der Waals surface area (Å²) >= 11 is 0. The number of carbonyl (C=O) groups is 2. The summed E-state index contributed by atoms with van der Waals surface area (Å²) in [6.07, 6.45) is -3.02. The first-order chi connectivity index (χ1) is 16.0. The Hall–Kier alpha value is -2.98. The van der Waals surface area contributed by atoms with Gasteiger partial charge in [0.25, 0.3) is 0 Å². The number of halogens is 4. The van der Waals surface area contributed by atoms with Gasteiger partial charge in [-0.25, -0.2) is 9.18 Å². The van der Waals surface area contributed by atoms with Crippen LogP contribution in [0.4, 0.5) is 17.6 Å². The van der Waals surface area contributed by atoms with E-state index in [2.05, 4.69) is 4.90 Å². The summed E-state index contributed by atoms with van der Waals surface area (Å²) in [5.74, 6) is -4.18. The topological polar surface area (TPSA) is 87.1 Å². The number of aliphatic carboxylic acids is 2. The predicted octanol–water partition coefficient (Wildman–Crippen LogP) is 4.22. The van der Waals surface area contributed by atoms with Crippen LogP contribution in [-0.4, -0.2) is 52.9 Å². The molecule has 0 aliphatic carbocycles. The molecule has 0 radical (unpaired) electrons. The molecular formula is C24H25F4NO5. The average molecular weight is 483 g/mol. The second-order valence-electron chi connectivity index (χ2n) is 8.41. The van der Waals surface area contributed by atoms with E-state index in [9.17, 15) is 27.5 Å². The summed E-state index contributed by atoms with van der Waals surface area (Å²) in [6, 6.07) is 14.7. The Morgan fingerprint density at radius 1 is 1.06 bits per heavy atom. The van der Waals surface area contributed by atoms with Crippen molar-refractivity contribution < 1.29 is 42.1 Å². The summed E-state index contributed by atoms with van der Waals surface area (Å²) < 4.78 is 51.5. The van der Waals surface area contributed by atoms with Crippen LogP contribution in [-0.2, 0) is 33.0 Å². The van der Waals surface area contributed by atoms with Gasteiger partial charge in [0.2, 0.25) is 0 Å². The van der Waals surface area contributed by atoms with Gasteiger partial charge < -0.3 is 19.8 Å². The lowest BCUT2D eigenvalue weighted by Gasteiger charge is -2.40. The maximum atomic E-state index is 13.7. The zero-order valence-corrected chi connectivity index (χ0v) is 18.2. The van der Waals surface area contributed by atoms with E-state index in [-0.39, 0.29) is 5.82 Å². The van der Waals surface area contributed by atoms with E-state index in [0.29, 0.717) is 19.6 Å². The van der Waals surface area contributed by atoms with Gasteiger partial charge in [-0.2, -0.15) is 13.2 Å². The lowest BCUT2D eigenvalue weighted by Crippen LogP contribution is -2.45. The largest absolute Gasteiger partial charge is 0.490 e. The van der Waals surface area contributed by atoms with Gasteiger partial charge in [0.1, 0.15) is 5.82 Å². The molecule has 1 spiro atoms. The lowest BCUT2D eigenvalue weighted by atomic mass is 9.83. The normalized spacial score (nSPS) is 18.0. The highest BCUT2D eigenvalue weighted by Gasteiger charge is 2.43. The molecule has 2 aromatic rings. The third-order valence-corrected chi connectivity index (χ3v) is 6.13. The number of hydrogen-bond donors (Lipinski definition) is 2. The molecule has 2 aliphatic rings. The van der Waals surface area contributed by atoms with E-state index in [1.165, 1.54) is 6.07 Å². The number of rotatable bonds is 5. The SMILES string of the molecule is O=C(O)C(Cc1ccccc1)CN1CCC2(CC1)OCc1ccc(F)cc12.O=C(O)C(F)(F)F. The van der Waals surface area contributed by atoms with Crippen LogP contribution in [0.3, 0.4) is 0 Å². The van der Waals surface area contributed by atoms with Gasteiger partial charge in [0, 0.05) is 19.6 Å². The number of carboxylic acids is 2. The van der Waals surface area contributed by atoms with Crippen LogP contribution in [0.25, 0.3) is 0 Å². The zero-order chi connectivity index (χ0) is 24.9. The summed E-state index contributed by atoms with van der Waals surface area (Å²) in [5.41, 5.74) is 2.67. The van der Waals surface area contributed by atoms with Crippen molar-refractivity contribution in [3.05, 3.63) is 71.0 Å². The van der Waals surface area contributed by atoms with E-state index in [1.807, 2.05) is 36.4 Å². The Labute approximate surface area is 193 Å². The molecular weight excluding hydrogens is 458 g/mol. The van der Waals surface area contributed by atoms with E-state index < -0.39 is 29.6 Å². The van der Waals surface area contributed by atoms with Crippen LogP contribution in [0.15, 0.2) is 48.5 Å². The fourth-order valence-corrected chi connectivity index (χ4v) is 4.34. The first kappa shape index (κ1) is 25.6. The maximum Gasteiger partial charge on any atom is 0.490 e. The number of carboxylic acid groups (broad SMARTS) is 2. The van der Waals surface area contributed by atoms with E-state index in [1.54, 1.807) is 6.07 Å². The monoisotopic (exact) mass is 483 g/mol. The summed E-state index contributed by atoms with van der Waals surface area (Å²) in [4.78, 5) is 22.8. The molecule has 34 heavy (non-hydrogen) atoms. The molecule has 1 fully saturated rings. The van der Waals surface area contributed by atoms with Crippen molar-refractivity contribution in [3.63, 3.8) is 0 Å². The van der Waals surface area contributed by atoms with Crippen molar-refractivity contribution in [2.45, 2.75) is 37.6 Å². The average Bonchev–Trinajstić information content (AvgIpc) is 3.12. The van der Waals surface area contributed by atoms with Gasteiger partial charge in [-0.15, -0.1) is 0 Å². The van der Waals surface area contributed by atoms with Gasteiger partial charge >= 0.3 is 18.1 Å². The first-order valence-corrected chi connectivity index (χ1v) is 10.7. The molecule has 2 N–H and O–H groups in total. The highest BCUT2D eigenvalue weighted by atomic mass is 19.4. The highest BCUT2D eigenvalue weighted by molar-refractivity contribution is 5.73. The van der Waals surface area contributed by atoms with E-state index in [0.717, 1.165) is 42.6 Å². The van der Waals surface area contributed by atoms with Crippen molar-refractivity contribution in [1.29, 1.82) is 0 Å². The molecule has 4 rings (SSSR count). The van der Waals surface area contributed by atoms with Gasteiger partial charge in [0.05, 0.1) is 18.1 Å². The smallest absolute Gasteiger partial charge is 0.481 e. The van der Waals surface area contributed by atoms with Crippen molar-refractivity contribution in [3.8, 4) is 0 Å². The Bertz CT molecular complexity index is 1000. The number of ether oxygens (including phenoxy) is 1. The van der Waals surface area contributed by atoms with Gasteiger partial charge in [-0.1, -0.05) is 36.4 Å². The third kappa shape index (κ3) is 6.32. The molecule has 0 bridgehead atoms. The van der Waals surface area contributed by atoms with Crippen LogP contribution in [0.5, 0.6) is 0 Å². The number of piperidine rings is 1. The number of benzene rings is 2. The maximum absolute atomic E-state index is 13.7. The van der Waals surface area contributed by atoms with Gasteiger partial charge in [0.15, 0.2) is 0 Å². The van der Waals surface area contributed by atoms with E-state index in [4.69, 9.17) is 14.6 Å². The molecule has 0 saturated carbocycles. The summed E-state index contributed by atoms with van der Waals surface area (Å²) in [6.45, 7) is 2.57. The molecule has 2 aromatic carbocycles. The van der Waals surface area contributed by atoms with Crippen LogP contribution in [0, 0.1) is 11.7 Å². The molecule has 10 heteroatoms. The Balaban J connectivity index is 0.000000406. The number of hydrogen-bond acceptors (Lipinski definition) is 4. The fraction of sp³-hybridized carbons (Fsp3) is 0.417. The minimum atomic E-state index is -5.08. The molecule has 6 nitrogen and oxygen atoms in total. The molecule has 1 saturated heterocycles. The molecule has 184 valence electrons. The Kier molecular flexibility index (Phi) is 7.93. The number of nitrogens with zero attached hydrogens (tertiary/aromatic N) is 1. The number of fused-ring (bicyclic) bond motifs is 2. The highest BCUT2D eigenvalue weighted by Crippen LogP contribution is 2.44. The second kappa shape index (κ2) is 10.5. The van der Waals surface area contributed by atoms with E-state index >= 15 is 0 Å². The van der Waals surface area contributed by atoms with Crippen molar-refractivity contribution in [2.75, 3.05) is 19.6 Å². The van der Waals surface area contributed by atoms with Crippen LogP contribution in [0.2, 0.25) is 0 Å². The Morgan fingerprint density at radius 2 is 1.68 bits per heavy atom. The second-order valence-corrected chi connectivity index (χ2v) is 8.41. The number of likely N-dealkylation sites (tertiary alicyclic amines) is 1. The molecule has 2 heterocycles. The summed E-state index contributed by atoms with van der Waals surface area (Å²) in [7, 11) is 0. The molecule has 2 aliphatic heterocycles. The minimum absolute atomic E-state index is 0.227. The molecule has 0 amide bonds. The Morgan fingerprint density at radius 3 is 2.24 bits per heavy atom. The van der Waals surface area contributed by atoms with Gasteiger partial charge in [-0.05, 0) is 48.1 Å². The molecule has 1 unspecified atom stereocenters. The molecule has 1 atom stereocenters. The van der Waals surface area contributed by atoms with Crippen LogP contribution in [0.1, 0.15) is 29.5 Å². The van der Waals surface area contributed by atoms with Crippen molar-refractivity contribution in [1.82, 2.24) is 4.90 Å². The third-order valence-electron chi connectivity index (χ3n) is 6.13. The standard InChI is InChI=1S/C22H24FNO3.C2HF3O2/c23-19-7-6-17-15-27-22(20(17)13-19)8-10-24(11-9-22)14-18(21(25)26)12-16-4-2-1-3-5-16;3-2(4,5)1(6)7/h1-7,13,18H,8-12,14-15H2,(H,25,26);(H,6,7). The summed E-state index contributed by atoms with van der Waals surface area (Å²) in [5, 5.41) is 16.8. The minimum Gasteiger partial charge on any atom is -0.481 e. The van der Waals surface area contributed by atoms with Crippen LogP contribution >= 0.6 is 0 Å². The zero-order valence-electron chi connectivity index (χ0n) is 18.2. The number of alkyl halides is 3. The van der Waals surface area contributed by atoms with Crippen LogP contribution < -0.4 is 0 Å². The first-order valence-electron chi connectivity index (χ1n) is 10.7.